The molecule has 1 N–H and O–H groups in total. The van der Waals surface area contributed by atoms with Crippen molar-refractivity contribution in [2.45, 2.75) is 70.4 Å². The van der Waals surface area contributed by atoms with Crippen molar-refractivity contribution >= 4 is 27.3 Å². The van der Waals surface area contributed by atoms with E-state index in [4.69, 9.17) is 0 Å². The summed E-state index contributed by atoms with van der Waals surface area (Å²) in [6.45, 7) is 2.41. The van der Waals surface area contributed by atoms with Crippen molar-refractivity contribution in [3.8, 4) is 0 Å². The summed E-state index contributed by atoms with van der Waals surface area (Å²) < 4.78 is 1.30. The van der Waals surface area contributed by atoms with Gasteiger partial charge in [-0.15, -0.1) is 11.3 Å². The van der Waals surface area contributed by atoms with Crippen molar-refractivity contribution in [2.75, 3.05) is 0 Å². The molecule has 2 atom stereocenters. The number of fused-ring (bicyclic) bond motifs is 1. The molecular weight excluding hydrogens is 318 g/mol. The molecule has 106 valence electrons. The smallest absolute Gasteiger partial charge is 0.0704 e. The first-order valence-corrected chi connectivity index (χ1v) is 9.39. The van der Waals surface area contributed by atoms with Crippen molar-refractivity contribution in [3.63, 3.8) is 0 Å². The standard InChI is InChI=1S/C16H24BrNS/c1-11(12-6-3-2-4-7-12)18-14-8-5-9-15-13(14)10-16(17)19-15/h10-12,14,18H,2-9H2,1H3/t11-,14?/m1/s1. The van der Waals surface area contributed by atoms with Crippen LogP contribution in [0.25, 0.3) is 0 Å². The Labute approximate surface area is 129 Å². The zero-order chi connectivity index (χ0) is 13.2. The van der Waals surface area contributed by atoms with Gasteiger partial charge in [-0.1, -0.05) is 19.3 Å². The van der Waals surface area contributed by atoms with Crippen molar-refractivity contribution in [1.29, 1.82) is 0 Å². The van der Waals surface area contributed by atoms with E-state index in [2.05, 4.69) is 34.2 Å². The Morgan fingerprint density at radius 3 is 2.79 bits per heavy atom. The molecule has 1 aromatic rings. The van der Waals surface area contributed by atoms with E-state index in [-0.39, 0.29) is 0 Å². The molecule has 1 aromatic heterocycles. The Morgan fingerprint density at radius 2 is 2.00 bits per heavy atom. The molecule has 2 aliphatic rings. The summed E-state index contributed by atoms with van der Waals surface area (Å²) in [5.74, 6) is 0.904. The van der Waals surface area contributed by atoms with Crippen molar-refractivity contribution in [2.24, 2.45) is 5.92 Å². The second-order valence-electron chi connectivity index (χ2n) is 6.23. The highest BCUT2D eigenvalue weighted by Gasteiger charge is 2.27. The quantitative estimate of drug-likeness (QED) is 0.770. The maximum absolute atomic E-state index is 3.94. The first kappa shape index (κ1) is 14.1. The van der Waals surface area contributed by atoms with Crippen LogP contribution in [0.15, 0.2) is 9.85 Å². The minimum absolute atomic E-state index is 0.600. The zero-order valence-corrected chi connectivity index (χ0v) is 14.2. The average Bonchev–Trinajstić information content (AvgIpc) is 2.81. The van der Waals surface area contributed by atoms with Gasteiger partial charge in [0.25, 0.3) is 0 Å². The molecule has 1 fully saturated rings. The molecule has 0 radical (unpaired) electrons. The molecule has 1 nitrogen and oxygen atoms in total. The molecule has 1 saturated carbocycles. The Morgan fingerprint density at radius 1 is 1.21 bits per heavy atom. The van der Waals surface area contributed by atoms with Crippen LogP contribution in [0.1, 0.15) is 68.4 Å². The number of rotatable bonds is 3. The molecule has 1 unspecified atom stereocenters. The van der Waals surface area contributed by atoms with Crippen LogP contribution in [0.5, 0.6) is 0 Å². The maximum Gasteiger partial charge on any atom is 0.0704 e. The second-order valence-corrected chi connectivity index (χ2v) is 8.74. The minimum atomic E-state index is 0.600. The summed E-state index contributed by atoms with van der Waals surface area (Å²) in [4.78, 5) is 1.60. The molecular formula is C16H24BrNS. The van der Waals surface area contributed by atoms with E-state index >= 15 is 0 Å². The van der Waals surface area contributed by atoms with Gasteiger partial charge in [-0.25, -0.2) is 0 Å². The van der Waals surface area contributed by atoms with E-state index in [9.17, 15) is 0 Å². The van der Waals surface area contributed by atoms with E-state index < -0.39 is 0 Å². The molecule has 1 heterocycles. The number of aryl methyl sites for hydroxylation is 1. The lowest BCUT2D eigenvalue weighted by Gasteiger charge is -2.33. The monoisotopic (exact) mass is 341 g/mol. The highest BCUT2D eigenvalue weighted by atomic mass is 79.9. The van der Waals surface area contributed by atoms with Gasteiger partial charge in [-0.2, -0.15) is 0 Å². The molecule has 0 aliphatic heterocycles. The molecule has 0 bridgehead atoms. The second kappa shape index (κ2) is 6.28. The molecule has 0 saturated heterocycles. The van der Waals surface area contributed by atoms with Gasteiger partial charge in [-0.3, -0.25) is 0 Å². The van der Waals surface area contributed by atoms with Crippen LogP contribution in [0.3, 0.4) is 0 Å². The fourth-order valence-electron chi connectivity index (χ4n) is 3.78. The van der Waals surface area contributed by atoms with Crippen LogP contribution in [-0.2, 0) is 6.42 Å². The Balaban J connectivity index is 1.66. The van der Waals surface area contributed by atoms with Crippen molar-refractivity contribution in [1.82, 2.24) is 5.32 Å². The highest BCUT2D eigenvalue weighted by Crippen LogP contribution is 2.39. The van der Waals surface area contributed by atoms with E-state index in [1.54, 1.807) is 10.4 Å². The molecule has 3 rings (SSSR count). The predicted molar refractivity (Wildman–Crippen MR) is 86.9 cm³/mol. The van der Waals surface area contributed by atoms with Crippen LogP contribution in [0.2, 0.25) is 0 Å². The van der Waals surface area contributed by atoms with Crippen molar-refractivity contribution in [3.05, 3.63) is 20.3 Å². The van der Waals surface area contributed by atoms with Crippen LogP contribution in [0.4, 0.5) is 0 Å². The average molecular weight is 342 g/mol. The Bertz CT molecular complexity index is 422. The van der Waals surface area contributed by atoms with Gasteiger partial charge in [0.1, 0.15) is 0 Å². The normalized spacial score (nSPS) is 26.1. The van der Waals surface area contributed by atoms with Crippen LogP contribution >= 0.6 is 27.3 Å². The zero-order valence-electron chi connectivity index (χ0n) is 11.8. The van der Waals surface area contributed by atoms with Crippen LogP contribution in [0, 0.1) is 5.92 Å². The Kier molecular flexibility index (Phi) is 4.66. The van der Waals surface area contributed by atoms with Gasteiger partial charge in [0, 0.05) is 17.0 Å². The summed E-state index contributed by atoms with van der Waals surface area (Å²) in [5, 5.41) is 3.94. The number of hydrogen-bond acceptors (Lipinski definition) is 2. The fraction of sp³-hybridized carbons (Fsp3) is 0.750. The maximum atomic E-state index is 3.94. The lowest BCUT2D eigenvalue weighted by molar-refractivity contribution is 0.257. The number of halogens is 1. The van der Waals surface area contributed by atoms with Gasteiger partial charge in [0.05, 0.1) is 3.79 Å². The largest absolute Gasteiger partial charge is 0.307 e. The molecule has 2 aliphatic carbocycles. The van der Waals surface area contributed by atoms with Gasteiger partial charge in [-0.05, 0) is 72.5 Å². The summed E-state index contributed by atoms with van der Waals surface area (Å²) in [7, 11) is 0. The molecule has 19 heavy (non-hydrogen) atoms. The van der Waals surface area contributed by atoms with E-state index in [0.29, 0.717) is 12.1 Å². The molecule has 0 amide bonds. The number of hydrogen-bond donors (Lipinski definition) is 1. The van der Waals surface area contributed by atoms with E-state index in [1.807, 2.05) is 11.3 Å². The summed E-state index contributed by atoms with van der Waals surface area (Å²) >= 11 is 5.59. The summed E-state index contributed by atoms with van der Waals surface area (Å²) in [6.07, 6.45) is 11.1. The number of thiophene rings is 1. The summed E-state index contributed by atoms with van der Waals surface area (Å²) in [6, 6.07) is 3.63. The summed E-state index contributed by atoms with van der Waals surface area (Å²) in [5.41, 5.74) is 1.57. The van der Waals surface area contributed by atoms with Gasteiger partial charge < -0.3 is 5.32 Å². The van der Waals surface area contributed by atoms with Gasteiger partial charge in [0.2, 0.25) is 0 Å². The molecule has 3 heteroatoms. The number of nitrogens with one attached hydrogen (secondary N) is 1. The van der Waals surface area contributed by atoms with Gasteiger partial charge >= 0.3 is 0 Å². The van der Waals surface area contributed by atoms with Crippen LogP contribution < -0.4 is 5.32 Å². The Hall–Kier alpha value is 0.140. The lowest BCUT2D eigenvalue weighted by atomic mass is 9.83. The topological polar surface area (TPSA) is 12.0 Å². The minimum Gasteiger partial charge on any atom is -0.307 e. The van der Waals surface area contributed by atoms with Crippen LogP contribution in [-0.4, -0.2) is 6.04 Å². The lowest BCUT2D eigenvalue weighted by Crippen LogP contribution is -2.38. The van der Waals surface area contributed by atoms with Gasteiger partial charge in [0.15, 0.2) is 0 Å². The predicted octanol–water partition coefficient (Wildman–Crippen LogP) is 5.45. The van der Waals surface area contributed by atoms with Crippen molar-refractivity contribution < 1.29 is 0 Å². The SMILES string of the molecule is C[C@@H](NC1CCCc2sc(Br)cc21)C1CCCCC1. The molecule has 0 aromatic carbocycles. The third kappa shape index (κ3) is 3.25. The van der Waals surface area contributed by atoms with E-state index in [0.717, 1.165) is 5.92 Å². The third-order valence-corrected chi connectivity index (χ3v) is 6.62. The van der Waals surface area contributed by atoms with E-state index in [1.165, 1.54) is 55.2 Å². The first-order valence-electron chi connectivity index (χ1n) is 7.78. The highest BCUT2D eigenvalue weighted by molar-refractivity contribution is 9.11. The third-order valence-electron chi connectivity index (χ3n) is 4.90. The fourth-order valence-corrected chi connectivity index (χ4v) is 5.60. The first-order chi connectivity index (χ1) is 9.24. The molecule has 0 spiro atoms.